The smallest absolute Gasteiger partial charge is 0.167 e. The molecule has 27 heavy (non-hydrogen) atoms. The van der Waals surface area contributed by atoms with Crippen molar-refractivity contribution in [3.8, 4) is 0 Å². The lowest BCUT2D eigenvalue weighted by Crippen LogP contribution is -2.74. The van der Waals surface area contributed by atoms with E-state index in [2.05, 4.69) is 25.0 Å². The van der Waals surface area contributed by atoms with Crippen LogP contribution in [0.1, 0.15) is 45.4 Å². The SMILES string of the molecule is C=C1C(=O)C23CC[C@@H](CC2[C@@]24CCC[C@@](C)(CN(CCO)C2)C14)C(=C)[C@@H]3O. The van der Waals surface area contributed by atoms with E-state index < -0.39 is 11.5 Å². The van der Waals surface area contributed by atoms with E-state index in [9.17, 15) is 15.0 Å². The van der Waals surface area contributed by atoms with Crippen molar-refractivity contribution in [2.45, 2.75) is 51.6 Å². The summed E-state index contributed by atoms with van der Waals surface area (Å²) in [6, 6.07) is 0. The molecule has 5 saturated carbocycles. The van der Waals surface area contributed by atoms with Gasteiger partial charge in [0, 0.05) is 25.6 Å². The van der Waals surface area contributed by atoms with Gasteiger partial charge in [-0.25, -0.2) is 0 Å². The zero-order valence-corrected chi connectivity index (χ0v) is 16.5. The molecule has 0 aromatic carbocycles. The average molecular weight is 372 g/mol. The molecule has 1 heterocycles. The van der Waals surface area contributed by atoms with E-state index in [-0.39, 0.29) is 35.1 Å². The molecule has 4 nitrogen and oxygen atoms in total. The van der Waals surface area contributed by atoms with Crippen LogP contribution in [0.4, 0.5) is 0 Å². The first kappa shape index (κ1) is 18.1. The maximum absolute atomic E-state index is 13.8. The summed E-state index contributed by atoms with van der Waals surface area (Å²) in [5.74, 6) is 0.927. The number of ketones is 1. The third kappa shape index (κ3) is 1.97. The van der Waals surface area contributed by atoms with Crippen molar-refractivity contribution in [1.29, 1.82) is 0 Å². The Bertz CT molecular complexity index is 731. The van der Waals surface area contributed by atoms with Gasteiger partial charge in [-0.3, -0.25) is 9.69 Å². The van der Waals surface area contributed by atoms with E-state index in [0.717, 1.165) is 56.3 Å². The fourth-order valence-electron chi connectivity index (χ4n) is 8.67. The van der Waals surface area contributed by atoms with Gasteiger partial charge in [0.2, 0.25) is 0 Å². The number of hydrogen-bond donors (Lipinski definition) is 2. The largest absolute Gasteiger partial charge is 0.395 e. The number of carbonyl (C=O) groups excluding carboxylic acids is 1. The monoisotopic (exact) mass is 371 g/mol. The van der Waals surface area contributed by atoms with Crippen molar-refractivity contribution < 1.29 is 15.0 Å². The Balaban J connectivity index is 1.69. The molecule has 3 unspecified atom stereocenters. The first-order chi connectivity index (χ1) is 12.8. The molecule has 0 radical (unpaired) electrons. The predicted octanol–water partition coefficient (Wildman–Crippen LogP) is 2.56. The minimum Gasteiger partial charge on any atom is -0.395 e. The Labute approximate surface area is 162 Å². The van der Waals surface area contributed by atoms with Crippen LogP contribution in [0.3, 0.4) is 0 Å². The van der Waals surface area contributed by atoms with Crippen LogP contribution in [0.5, 0.6) is 0 Å². The Morgan fingerprint density at radius 1 is 1.22 bits per heavy atom. The van der Waals surface area contributed by atoms with Crippen LogP contribution in [-0.2, 0) is 4.79 Å². The number of nitrogens with zero attached hydrogens (tertiary/aromatic N) is 1. The Hall–Kier alpha value is -0.970. The second kappa shape index (κ2) is 5.55. The summed E-state index contributed by atoms with van der Waals surface area (Å²) >= 11 is 0. The van der Waals surface area contributed by atoms with Gasteiger partial charge in [-0.05, 0) is 65.9 Å². The molecule has 1 aliphatic heterocycles. The highest BCUT2D eigenvalue weighted by Crippen LogP contribution is 2.73. The van der Waals surface area contributed by atoms with Crippen LogP contribution in [0.25, 0.3) is 0 Å². The molecule has 4 bridgehead atoms. The fourth-order valence-corrected chi connectivity index (χ4v) is 8.67. The van der Waals surface area contributed by atoms with E-state index in [1.807, 2.05) is 0 Å². The molecular formula is C23H33NO3. The lowest BCUT2D eigenvalue weighted by molar-refractivity contribution is -0.214. The van der Waals surface area contributed by atoms with E-state index in [1.54, 1.807) is 0 Å². The zero-order valence-electron chi connectivity index (χ0n) is 16.5. The van der Waals surface area contributed by atoms with Gasteiger partial charge in [0.15, 0.2) is 5.78 Å². The molecule has 6 rings (SSSR count). The van der Waals surface area contributed by atoms with Crippen molar-refractivity contribution in [2.24, 2.45) is 34.0 Å². The average Bonchev–Trinajstić information content (AvgIpc) is 2.62. The minimum atomic E-state index is -0.712. The molecule has 0 amide bonds. The number of carbonyl (C=O) groups is 1. The maximum Gasteiger partial charge on any atom is 0.167 e. The normalized spacial score (nSPS) is 51.9. The molecule has 1 saturated heterocycles. The molecule has 0 aromatic heterocycles. The lowest BCUT2D eigenvalue weighted by Gasteiger charge is -2.72. The first-order valence-electron chi connectivity index (χ1n) is 10.7. The molecule has 4 heteroatoms. The standard InChI is InChI=1S/C23H33NO3/c1-14-16-5-8-23(19(14)26)17(11-16)22-7-4-6-21(3,12-24(13-22)9-10-25)18(22)15(2)20(23)27/h16-19,25-26H,1-2,4-13H2,3H3/t16-,17?,18?,19-,21-,22+,23?/m0/s1. The van der Waals surface area contributed by atoms with Crippen LogP contribution < -0.4 is 0 Å². The number of rotatable bonds is 2. The number of Topliss-reactive ketones (excluding diaryl/α,β-unsaturated/α-hetero) is 1. The molecular weight excluding hydrogens is 338 g/mol. The van der Waals surface area contributed by atoms with Crippen molar-refractivity contribution >= 4 is 5.78 Å². The molecule has 6 fully saturated rings. The van der Waals surface area contributed by atoms with Gasteiger partial charge >= 0.3 is 0 Å². The summed E-state index contributed by atoms with van der Waals surface area (Å²) in [5.41, 5.74) is 1.02. The molecule has 0 aromatic rings. The third-order valence-corrected chi connectivity index (χ3v) is 9.35. The Morgan fingerprint density at radius 3 is 2.74 bits per heavy atom. The van der Waals surface area contributed by atoms with Crippen LogP contribution in [0, 0.1) is 34.0 Å². The van der Waals surface area contributed by atoms with Crippen LogP contribution in [0.2, 0.25) is 0 Å². The van der Waals surface area contributed by atoms with E-state index in [1.165, 1.54) is 6.42 Å². The van der Waals surface area contributed by atoms with E-state index >= 15 is 0 Å². The van der Waals surface area contributed by atoms with Gasteiger partial charge < -0.3 is 10.2 Å². The number of allylic oxidation sites excluding steroid dienone is 1. The van der Waals surface area contributed by atoms with Gasteiger partial charge in [-0.2, -0.15) is 0 Å². The summed E-state index contributed by atoms with van der Waals surface area (Å²) in [6.45, 7) is 13.6. The summed E-state index contributed by atoms with van der Waals surface area (Å²) in [6.07, 6.45) is 5.46. The van der Waals surface area contributed by atoms with Crippen LogP contribution in [-0.4, -0.2) is 53.2 Å². The van der Waals surface area contributed by atoms with Gasteiger partial charge in [-0.15, -0.1) is 0 Å². The van der Waals surface area contributed by atoms with Crippen molar-refractivity contribution in [3.63, 3.8) is 0 Å². The van der Waals surface area contributed by atoms with Crippen molar-refractivity contribution in [1.82, 2.24) is 4.90 Å². The zero-order chi connectivity index (χ0) is 19.2. The Morgan fingerprint density at radius 2 is 2.00 bits per heavy atom. The predicted molar refractivity (Wildman–Crippen MR) is 104 cm³/mol. The second-order valence-electron chi connectivity index (χ2n) is 10.5. The third-order valence-electron chi connectivity index (χ3n) is 9.35. The summed E-state index contributed by atoms with van der Waals surface area (Å²) < 4.78 is 0. The highest BCUT2D eigenvalue weighted by molar-refractivity contribution is 6.02. The number of hydrogen-bond acceptors (Lipinski definition) is 4. The highest BCUT2D eigenvalue weighted by Gasteiger charge is 2.73. The number of β-amino-alcohol motifs (C(OH)–C–C–N with tert-alkyl or cyclic N) is 1. The number of aliphatic hydroxyl groups excluding tert-OH is 2. The number of aliphatic hydroxyl groups is 2. The molecule has 1 spiro atoms. The highest BCUT2D eigenvalue weighted by atomic mass is 16.3. The summed E-state index contributed by atoms with van der Waals surface area (Å²) in [4.78, 5) is 16.2. The molecule has 7 atom stereocenters. The van der Waals surface area contributed by atoms with Crippen LogP contribution >= 0.6 is 0 Å². The van der Waals surface area contributed by atoms with Gasteiger partial charge in [0.05, 0.1) is 18.1 Å². The number of fused-ring (bicyclic) bond motifs is 2. The number of piperidine rings is 1. The topological polar surface area (TPSA) is 60.8 Å². The van der Waals surface area contributed by atoms with Gasteiger partial charge in [0.1, 0.15) is 0 Å². The van der Waals surface area contributed by atoms with E-state index in [4.69, 9.17) is 0 Å². The summed E-state index contributed by atoms with van der Waals surface area (Å²) in [7, 11) is 0. The van der Waals surface area contributed by atoms with Gasteiger partial charge in [0.25, 0.3) is 0 Å². The fraction of sp³-hybridized carbons (Fsp3) is 0.783. The van der Waals surface area contributed by atoms with Crippen molar-refractivity contribution in [2.75, 3.05) is 26.2 Å². The molecule has 6 aliphatic rings. The molecule has 5 aliphatic carbocycles. The lowest BCUT2D eigenvalue weighted by atomic mass is 9.33. The second-order valence-corrected chi connectivity index (χ2v) is 10.5. The minimum absolute atomic E-state index is 0.00572. The first-order valence-corrected chi connectivity index (χ1v) is 10.7. The summed E-state index contributed by atoms with van der Waals surface area (Å²) in [5, 5.41) is 20.8. The quantitative estimate of drug-likeness (QED) is 0.579. The van der Waals surface area contributed by atoms with Crippen molar-refractivity contribution in [3.05, 3.63) is 24.3 Å². The van der Waals surface area contributed by atoms with E-state index in [0.29, 0.717) is 12.5 Å². The molecule has 2 N–H and O–H groups in total. The van der Waals surface area contributed by atoms with Gasteiger partial charge in [-0.1, -0.05) is 26.5 Å². The maximum atomic E-state index is 13.8. The molecule has 148 valence electrons. The number of likely N-dealkylation sites (tertiary alicyclic amines) is 1. The van der Waals surface area contributed by atoms with Crippen LogP contribution in [0.15, 0.2) is 24.3 Å². The Kier molecular flexibility index (Phi) is 3.72.